The van der Waals surface area contributed by atoms with Gasteiger partial charge in [0.2, 0.25) is 0 Å². The third-order valence-corrected chi connectivity index (χ3v) is 4.63. The highest BCUT2D eigenvalue weighted by Crippen LogP contribution is 2.36. The minimum absolute atomic E-state index is 0.00631. The van der Waals surface area contributed by atoms with Gasteiger partial charge in [-0.15, -0.1) is 10.2 Å². The zero-order valence-corrected chi connectivity index (χ0v) is 11.6. The van der Waals surface area contributed by atoms with Gasteiger partial charge in [0.25, 0.3) is 5.91 Å². The predicted molar refractivity (Wildman–Crippen MR) is 73.0 cm³/mol. The summed E-state index contributed by atoms with van der Waals surface area (Å²) in [6, 6.07) is 3.28. The summed E-state index contributed by atoms with van der Waals surface area (Å²) in [5, 5.41) is 7.95. The first-order valence-corrected chi connectivity index (χ1v) is 7.40. The van der Waals surface area contributed by atoms with Crippen molar-refractivity contribution < 1.29 is 4.79 Å². The number of carbonyl (C=O) groups is 1. The summed E-state index contributed by atoms with van der Waals surface area (Å²) < 4.78 is 0. The van der Waals surface area contributed by atoms with Crippen molar-refractivity contribution in [3.63, 3.8) is 0 Å². The number of likely N-dealkylation sites (tertiary alicyclic amines) is 1. The summed E-state index contributed by atoms with van der Waals surface area (Å²) in [7, 11) is 0. The topological polar surface area (TPSA) is 46.1 Å². The Morgan fingerprint density at radius 2 is 1.95 bits per heavy atom. The molecule has 3 rings (SSSR count). The van der Waals surface area contributed by atoms with Crippen molar-refractivity contribution in [1.82, 2.24) is 15.1 Å². The number of carbonyl (C=O) groups excluding carboxylic acids is 1. The lowest BCUT2D eigenvalue weighted by atomic mass is 9.75. The van der Waals surface area contributed by atoms with Crippen LogP contribution in [0.2, 0.25) is 5.15 Å². The van der Waals surface area contributed by atoms with Gasteiger partial charge in [0.1, 0.15) is 0 Å². The lowest BCUT2D eigenvalue weighted by Gasteiger charge is -2.41. The third kappa shape index (κ3) is 2.73. The fourth-order valence-electron chi connectivity index (χ4n) is 3.38. The standard InChI is InChI=1S/C14H18ClN3O/c15-13-6-5-12(16-17-13)14(19)18-8-7-10-3-1-2-4-11(10)9-18/h5-6,10-11H,1-4,7-9H2. The Hall–Kier alpha value is -1.16. The second kappa shape index (κ2) is 5.45. The Morgan fingerprint density at radius 3 is 2.68 bits per heavy atom. The molecule has 1 aliphatic carbocycles. The van der Waals surface area contributed by atoms with Crippen LogP contribution in [-0.2, 0) is 0 Å². The first kappa shape index (κ1) is 12.9. The molecule has 1 amide bonds. The number of amides is 1. The van der Waals surface area contributed by atoms with Crippen LogP contribution in [0, 0.1) is 11.8 Å². The van der Waals surface area contributed by atoms with E-state index in [2.05, 4.69) is 10.2 Å². The molecule has 2 heterocycles. The molecule has 0 N–H and O–H groups in total. The van der Waals surface area contributed by atoms with Crippen LogP contribution in [0.1, 0.15) is 42.6 Å². The Balaban J connectivity index is 1.69. The van der Waals surface area contributed by atoms with Crippen LogP contribution in [-0.4, -0.2) is 34.1 Å². The van der Waals surface area contributed by atoms with Gasteiger partial charge in [0.05, 0.1) is 0 Å². The second-order valence-electron chi connectivity index (χ2n) is 5.59. The van der Waals surface area contributed by atoms with E-state index in [0.717, 1.165) is 25.4 Å². The summed E-state index contributed by atoms with van der Waals surface area (Å²) in [5.41, 5.74) is 0.402. The lowest BCUT2D eigenvalue weighted by molar-refractivity contribution is 0.0514. The average Bonchev–Trinajstić information content (AvgIpc) is 2.47. The van der Waals surface area contributed by atoms with Gasteiger partial charge in [-0.3, -0.25) is 4.79 Å². The third-order valence-electron chi connectivity index (χ3n) is 4.43. The first-order valence-electron chi connectivity index (χ1n) is 7.02. The number of nitrogens with zero attached hydrogens (tertiary/aromatic N) is 3. The molecule has 0 spiro atoms. The summed E-state index contributed by atoms with van der Waals surface area (Å²) in [4.78, 5) is 14.3. The predicted octanol–water partition coefficient (Wildman–Crippen LogP) is 2.78. The van der Waals surface area contributed by atoms with E-state index in [4.69, 9.17) is 11.6 Å². The summed E-state index contributed by atoms with van der Waals surface area (Å²) >= 11 is 5.69. The van der Waals surface area contributed by atoms with Crippen molar-refractivity contribution >= 4 is 17.5 Å². The molecule has 0 bridgehead atoms. The molecule has 0 radical (unpaired) electrons. The van der Waals surface area contributed by atoms with E-state index in [1.165, 1.54) is 25.7 Å². The number of aromatic nitrogens is 2. The number of rotatable bonds is 1. The zero-order chi connectivity index (χ0) is 13.2. The molecule has 19 heavy (non-hydrogen) atoms. The van der Waals surface area contributed by atoms with Crippen molar-refractivity contribution in [3.05, 3.63) is 23.0 Å². The Bertz CT molecular complexity index is 462. The SMILES string of the molecule is O=C(c1ccc(Cl)nn1)N1CCC2CCCCC2C1. The highest BCUT2D eigenvalue weighted by molar-refractivity contribution is 6.29. The van der Waals surface area contributed by atoms with Crippen molar-refractivity contribution in [2.24, 2.45) is 11.8 Å². The van der Waals surface area contributed by atoms with Crippen LogP contribution in [0.25, 0.3) is 0 Å². The van der Waals surface area contributed by atoms with Gasteiger partial charge in [0, 0.05) is 13.1 Å². The van der Waals surface area contributed by atoms with Crippen LogP contribution in [0.15, 0.2) is 12.1 Å². The minimum atomic E-state index is -0.00631. The molecule has 5 heteroatoms. The molecule has 1 saturated carbocycles. The maximum atomic E-state index is 12.4. The van der Waals surface area contributed by atoms with E-state index < -0.39 is 0 Å². The number of fused-ring (bicyclic) bond motifs is 1. The average molecular weight is 280 g/mol. The summed E-state index contributed by atoms with van der Waals surface area (Å²) in [6.45, 7) is 1.73. The molecule has 2 aliphatic rings. The van der Waals surface area contributed by atoms with Crippen LogP contribution >= 0.6 is 11.6 Å². The molecule has 1 saturated heterocycles. The molecule has 1 aliphatic heterocycles. The van der Waals surface area contributed by atoms with Gasteiger partial charge in [-0.25, -0.2) is 0 Å². The van der Waals surface area contributed by atoms with E-state index in [9.17, 15) is 4.79 Å². The van der Waals surface area contributed by atoms with Crippen molar-refractivity contribution in [2.75, 3.05) is 13.1 Å². The maximum absolute atomic E-state index is 12.4. The molecular weight excluding hydrogens is 262 g/mol. The second-order valence-corrected chi connectivity index (χ2v) is 5.97. The van der Waals surface area contributed by atoms with Gasteiger partial charge in [0.15, 0.2) is 10.8 Å². The molecule has 0 aromatic carbocycles. The molecule has 2 unspecified atom stereocenters. The molecule has 2 fully saturated rings. The van der Waals surface area contributed by atoms with Gasteiger partial charge < -0.3 is 4.90 Å². The number of hydrogen-bond acceptors (Lipinski definition) is 3. The summed E-state index contributed by atoms with van der Waals surface area (Å²) in [5.74, 6) is 1.51. The first-order chi connectivity index (χ1) is 9.24. The highest BCUT2D eigenvalue weighted by Gasteiger charge is 2.33. The maximum Gasteiger partial charge on any atom is 0.274 e. The van der Waals surface area contributed by atoms with Crippen LogP contribution in [0.3, 0.4) is 0 Å². The number of halogens is 1. The van der Waals surface area contributed by atoms with E-state index in [1.807, 2.05) is 4.90 Å². The quantitative estimate of drug-likeness (QED) is 0.794. The molecule has 4 nitrogen and oxygen atoms in total. The van der Waals surface area contributed by atoms with Gasteiger partial charge in [-0.05, 0) is 36.8 Å². The lowest BCUT2D eigenvalue weighted by Crippen LogP contribution is -2.45. The Kier molecular flexibility index (Phi) is 3.69. The van der Waals surface area contributed by atoms with Crippen molar-refractivity contribution in [2.45, 2.75) is 32.1 Å². The van der Waals surface area contributed by atoms with Gasteiger partial charge in [-0.1, -0.05) is 30.9 Å². The molecule has 102 valence electrons. The van der Waals surface area contributed by atoms with E-state index in [0.29, 0.717) is 16.8 Å². The number of hydrogen-bond donors (Lipinski definition) is 0. The largest absolute Gasteiger partial charge is 0.337 e. The van der Waals surface area contributed by atoms with E-state index in [1.54, 1.807) is 12.1 Å². The summed E-state index contributed by atoms with van der Waals surface area (Å²) in [6.07, 6.45) is 6.41. The molecular formula is C14H18ClN3O. The highest BCUT2D eigenvalue weighted by atomic mass is 35.5. The minimum Gasteiger partial charge on any atom is -0.337 e. The molecule has 2 atom stereocenters. The monoisotopic (exact) mass is 279 g/mol. The Morgan fingerprint density at radius 1 is 1.16 bits per heavy atom. The van der Waals surface area contributed by atoms with Crippen LogP contribution in [0.5, 0.6) is 0 Å². The van der Waals surface area contributed by atoms with Gasteiger partial charge in [-0.2, -0.15) is 0 Å². The van der Waals surface area contributed by atoms with Crippen LogP contribution < -0.4 is 0 Å². The van der Waals surface area contributed by atoms with E-state index in [-0.39, 0.29) is 5.91 Å². The number of piperidine rings is 1. The van der Waals surface area contributed by atoms with Crippen LogP contribution in [0.4, 0.5) is 0 Å². The zero-order valence-electron chi connectivity index (χ0n) is 10.9. The molecule has 1 aromatic rings. The van der Waals surface area contributed by atoms with Crippen molar-refractivity contribution in [1.29, 1.82) is 0 Å². The fourth-order valence-corrected chi connectivity index (χ4v) is 3.48. The fraction of sp³-hybridized carbons (Fsp3) is 0.643. The van der Waals surface area contributed by atoms with Crippen molar-refractivity contribution in [3.8, 4) is 0 Å². The Labute approximate surface area is 118 Å². The van der Waals surface area contributed by atoms with Gasteiger partial charge >= 0.3 is 0 Å². The van der Waals surface area contributed by atoms with E-state index >= 15 is 0 Å². The smallest absolute Gasteiger partial charge is 0.274 e. The molecule has 1 aromatic heterocycles. The normalized spacial score (nSPS) is 26.9.